The third-order valence-corrected chi connectivity index (χ3v) is 5.19. The van der Waals surface area contributed by atoms with Crippen molar-refractivity contribution in [2.75, 3.05) is 7.11 Å². The largest absolute Gasteiger partial charge is 0.496 e. The summed E-state index contributed by atoms with van der Waals surface area (Å²) in [6, 6.07) is 9.82. The Morgan fingerprint density at radius 3 is 2.34 bits per heavy atom. The highest BCUT2D eigenvalue weighted by Gasteiger charge is 2.38. The summed E-state index contributed by atoms with van der Waals surface area (Å²) < 4.78 is 76.7. The predicted molar refractivity (Wildman–Crippen MR) is 94.5 cm³/mol. The molecule has 0 radical (unpaired) electrons. The third-order valence-electron chi connectivity index (χ3n) is 4.33. The summed E-state index contributed by atoms with van der Waals surface area (Å²) in [5.41, 5.74) is 1.27. The number of alkyl halides is 3. The van der Waals surface area contributed by atoms with E-state index in [4.69, 9.17) is 9.29 Å². The van der Waals surface area contributed by atoms with Crippen LogP contribution in [0.2, 0.25) is 0 Å². The normalized spacial score (nSPS) is 13.3. The van der Waals surface area contributed by atoms with Crippen LogP contribution in [0.1, 0.15) is 29.8 Å². The highest BCUT2D eigenvalue weighted by molar-refractivity contribution is 7.85. The molecule has 0 amide bonds. The first-order chi connectivity index (χ1) is 13.5. The third kappa shape index (κ3) is 4.22. The molecule has 0 saturated carbocycles. The zero-order chi connectivity index (χ0) is 21.4. The summed E-state index contributed by atoms with van der Waals surface area (Å²) in [6.07, 6.45) is -4.74. The van der Waals surface area contributed by atoms with Gasteiger partial charge in [0, 0.05) is 11.5 Å². The maximum atomic E-state index is 13.1. The maximum absolute atomic E-state index is 13.1. The van der Waals surface area contributed by atoms with Crippen LogP contribution in [0.25, 0.3) is 5.69 Å². The minimum absolute atomic E-state index is 0.0829. The summed E-state index contributed by atoms with van der Waals surface area (Å²) >= 11 is 0. The number of methoxy groups -OCH3 is 1. The first-order valence-electron chi connectivity index (χ1n) is 8.13. The second-order valence-corrected chi connectivity index (χ2v) is 7.53. The van der Waals surface area contributed by atoms with Crippen LogP contribution < -0.4 is 4.74 Å². The Hall–Kier alpha value is -2.99. The van der Waals surface area contributed by atoms with E-state index in [-0.39, 0.29) is 16.5 Å². The Balaban J connectivity index is 2.05. The molecular formula is C17H15F3N4O4S. The highest BCUT2D eigenvalue weighted by Crippen LogP contribution is 2.35. The molecule has 1 heterocycles. The first kappa shape index (κ1) is 20.7. The Kier molecular flexibility index (Phi) is 5.32. The smallest absolute Gasteiger partial charge is 0.453 e. The zero-order valence-electron chi connectivity index (χ0n) is 15.1. The van der Waals surface area contributed by atoms with Gasteiger partial charge >= 0.3 is 6.18 Å². The first-order valence-corrected chi connectivity index (χ1v) is 9.57. The van der Waals surface area contributed by atoms with Crippen molar-refractivity contribution in [1.29, 1.82) is 0 Å². The summed E-state index contributed by atoms with van der Waals surface area (Å²) in [6.45, 7) is 1.77. The Labute approximate surface area is 163 Å². The molecule has 1 aromatic heterocycles. The van der Waals surface area contributed by atoms with Crippen molar-refractivity contribution >= 4 is 10.1 Å². The average Bonchev–Trinajstić information content (AvgIpc) is 3.17. The molecule has 0 aliphatic rings. The van der Waals surface area contributed by atoms with Gasteiger partial charge in [-0.1, -0.05) is 19.1 Å². The fourth-order valence-electron chi connectivity index (χ4n) is 2.84. The van der Waals surface area contributed by atoms with E-state index >= 15 is 0 Å². The number of ether oxygens (including phenoxy) is 1. The molecule has 0 aliphatic carbocycles. The quantitative estimate of drug-likeness (QED) is 0.622. The standard InChI is InChI=1S/C17H15F3N4O4S/c1-10(11-3-6-13(7-4-11)29(25,26)27)14-9-12(5-8-15(14)28-2)24-16(17(18,19)20)21-22-23-24/h3-10H,1-2H3,(H,25,26,27). The van der Waals surface area contributed by atoms with Crippen molar-refractivity contribution < 1.29 is 30.9 Å². The van der Waals surface area contributed by atoms with Crippen LogP contribution >= 0.6 is 0 Å². The van der Waals surface area contributed by atoms with E-state index in [1.165, 1.54) is 49.6 Å². The molecule has 0 spiro atoms. The number of nitrogens with zero attached hydrogens (tertiary/aromatic N) is 4. The molecule has 1 N–H and O–H groups in total. The van der Waals surface area contributed by atoms with Gasteiger partial charge in [-0.15, -0.1) is 5.10 Å². The number of halogens is 3. The maximum Gasteiger partial charge on any atom is 0.453 e. The molecule has 8 nitrogen and oxygen atoms in total. The minimum Gasteiger partial charge on any atom is -0.496 e. The Morgan fingerprint density at radius 2 is 1.79 bits per heavy atom. The number of rotatable bonds is 5. The molecule has 0 saturated heterocycles. The Bertz CT molecular complexity index is 1130. The van der Waals surface area contributed by atoms with E-state index in [1.54, 1.807) is 6.92 Å². The number of hydrogen-bond donors (Lipinski definition) is 1. The average molecular weight is 428 g/mol. The summed E-state index contributed by atoms with van der Waals surface area (Å²) in [7, 11) is -2.91. The van der Waals surface area contributed by atoms with Gasteiger partial charge in [0.15, 0.2) is 0 Å². The summed E-state index contributed by atoms with van der Waals surface area (Å²) in [5.74, 6) is -1.23. The van der Waals surface area contributed by atoms with E-state index < -0.39 is 22.1 Å². The SMILES string of the molecule is COc1ccc(-n2nnnc2C(F)(F)F)cc1C(C)c1ccc(S(=O)(=O)O)cc1. The van der Waals surface area contributed by atoms with Gasteiger partial charge in [-0.05, 0) is 46.3 Å². The molecule has 12 heteroatoms. The van der Waals surface area contributed by atoms with Gasteiger partial charge in [-0.3, -0.25) is 4.55 Å². The van der Waals surface area contributed by atoms with Crippen LogP contribution in [0.3, 0.4) is 0 Å². The van der Waals surface area contributed by atoms with Gasteiger partial charge in [0.1, 0.15) is 5.75 Å². The van der Waals surface area contributed by atoms with Crippen molar-refractivity contribution in [1.82, 2.24) is 20.2 Å². The van der Waals surface area contributed by atoms with Crippen LogP contribution in [0, 0.1) is 0 Å². The molecular weight excluding hydrogens is 413 g/mol. The summed E-state index contributed by atoms with van der Waals surface area (Å²) in [5, 5.41) is 9.56. The van der Waals surface area contributed by atoms with Gasteiger partial charge in [-0.2, -0.15) is 26.3 Å². The van der Waals surface area contributed by atoms with Crippen molar-refractivity contribution in [3.63, 3.8) is 0 Å². The molecule has 29 heavy (non-hydrogen) atoms. The molecule has 1 unspecified atom stereocenters. The van der Waals surface area contributed by atoms with Gasteiger partial charge in [0.05, 0.1) is 17.7 Å². The van der Waals surface area contributed by atoms with Crippen molar-refractivity contribution in [2.45, 2.75) is 23.9 Å². The van der Waals surface area contributed by atoms with Crippen LogP contribution in [-0.4, -0.2) is 40.3 Å². The van der Waals surface area contributed by atoms with Crippen LogP contribution in [0.4, 0.5) is 13.2 Å². The molecule has 1 atom stereocenters. The lowest BCUT2D eigenvalue weighted by molar-refractivity contribution is -0.146. The molecule has 0 fully saturated rings. The van der Waals surface area contributed by atoms with E-state index in [2.05, 4.69) is 15.5 Å². The number of hydrogen-bond acceptors (Lipinski definition) is 6. The lowest BCUT2D eigenvalue weighted by Crippen LogP contribution is -2.15. The van der Waals surface area contributed by atoms with Gasteiger partial charge in [0.2, 0.25) is 0 Å². The summed E-state index contributed by atoms with van der Waals surface area (Å²) in [4.78, 5) is -0.266. The van der Waals surface area contributed by atoms with E-state index in [0.29, 0.717) is 21.6 Å². The molecule has 154 valence electrons. The topological polar surface area (TPSA) is 107 Å². The van der Waals surface area contributed by atoms with Gasteiger partial charge in [0.25, 0.3) is 15.9 Å². The van der Waals surface area contributed by atoms with E-state index in [0.717, 1.165) is 0 Å². The molecule has 3 aromatic rings. The molecule has 2 aromatic carbocycles. The fourth-order valence-corrected chi connectivity index (χ4v) is 3.32. The molecule has 3 rings (SSSR count). The van der Waals surface area contributed by atoms with Crippen molar-refractivity contribution in [3.8, 4) is 11.4 Å². The lowest BCUT2D eigenvalue weighted by Gasteiger charge is -2.18. The fraction of sp³-hybridized carbons (Fsp3) is 0.235. The van der Waals surface area contributed by atoms with E-state index in [1.807, 2.05) is 0 Å². The lowest BCUT2D eigenvalue weighted by atomic mass is 9.92. The second kappa shape index (κ2) is 7.44. The van der Waals surface area contributed by atoms with E-state index in [9.17, 15) is 21.6 Å². The number of benzene rings is 2. The van der Waals surface area contributed by atoms with Crippen molar-refractivity contribution in [2.24, 2.45) is 0 Å². The Morgan fingerprint density at radius 1 is 1.14 bits per heavy atom. The van der Waals surface area contributed by atoms with Crippen LogP contribution in [0.15, 0.2) is 47.4 Å². The van der Waals surface area contributed by atoms with Crippen LogP contribution in [-0.2, 0) is 16.3 Å². The predicted octanol–water partition coefficient (Wildman–Crippen LogP) is 3.09. The van der Waals surface area contributed by atoms with Crippen LogP contribution in [0.5, 0.6) is 5.75 Å². The highest BCUT2D eigenvalue weighted by atomic mass is 32.2. The molecule has 0 aliphatic heterocycles. The molecule has 0 bridgehead atoms. The van der Waals surface area contributed by atoms with Gasteiger partial charge in [-0.25, -0.2) is 0 Å². The minimum atomic E-state index is -4.74. The van der Waals surface area contributed by atoms with Gasteiger partial charge < -0.3 is 4.74 Å². The van der Waals surface area contributed by atoms with Crippen molar-refractivity contribution in [3.05, 3.63) is 59.4 Å². The zero-order valence-corrected chi connectivity index (χ0v) is 15.9. The number of tetrazole rings is 1. The monoisotopic (exact) mass is 428 g/mol. The number of aromatic nitrogens is 4. The second-order valence-electron chi connectivity index (χ2n) is 6.10.